The van der Waals surface area contributed by atoms with E-state index in [-0.39, 0.29) is 15.2 Å². The van der Waals surface area contributed by atoms with Crippen molar-refractivity contribution in [2.75, 3.05) is 13.1 Å². The summed E-state index contributed by atoms with van der Waals surface area (Å²) in [7, 11) is -3.55. The van der Waals surface area contributed by atoms with Crippen molar-refractivity contribution in [2.24, 2.45) is 5.41 Å². The molecule has 1 aromatic heterocycles. The molecule has 5 nitrogen and oxygen atoms in total. The van der Waals surface area contributed by atoms with E-state index in [9.17, 15) is 13.2 Å². The maximum Gasteiger partial charge on any atom is 0.345 e. The second-order valence-electron chi connectivity index (χ2n) is 5.52. The zero-order valence-corrected chi connectivity index (χ0v) is 13.3. The fraction of sp³-hybridized carbons (Fsp3) is 0.615. The van der Waals surface area contributed by atoms with Crippen molar-refractivity contribution in [1.82, 2.24) is 4.31 Å². The lowest BCUT2D eigenvalue weighted by Crippen LogP contribution is -2.41. The average Bonchev–Trinajstić information content (AvgIpc) is 2.90. The van der Waals surface area contributed by atoms with Gasteiger partial charge in [0.05, 0.1) is 4.90 Å². The van der Waals surface area contributed by atoms with Crippen molar-refractivity contribution in [3.05, 3.63) is 16.3 Å². The lowest BCUT2D eigenvalue weighted by Gasteiger charge is -2.38. The van der Waals surface area contributed by atoms with Gasteiger partial charge >= 0.3 is 5.97 Å². The number of nitrogens with zero attached hydrogens (tertiary/aromatic N) is 1. The van der Waals surface area contributed by atoms with Crippen LogP contribution in [0, 0.1) is 5.41 Å². The summed E-state index contributed by atoms with van der Waals surface area (Å²) in [6.07, 6.45) is 2.74. The van der Waals surface area contributed by atoms with Crippen LogP contribution in [0.3, 0.4) is 0 Å². The zero-order chi connectivity index (χ0) is 15.0. The number of carboxylic acids is 1. The first kappa shape index (κ1) is 15.5. The van der Waals surface area contributed by atoms with Crippen LogP contribution >= 0.6 is 11.3 Å². The number of carbonyl (C=O) groups is 1. The zero-order valence-electron chi connectivity index (χ0n) is 11.6. The Bertz CT molecular complexity index is 598. The van der Waals surface area contributed by atoms with Gasteiger partial charge in [-0.25, -0.2) is 13.2 Å². The second-order valence-corrected chi connectivity index (χ2v) is 8.37. The lowest BCUT2D eigenvalue weighted by atomic mass is 9.79. The molecule has 1 fully saturated rings. The largest absolute Gasteiger partial charge is 0.477 e. The Kier molecular flexibility index (Phi) is 4.22. The van der Waals surface area contributed by atoms with Crippen molar-refractivity contribution < 1.29 is 18.3 Å². The minimum Gasteiger partial charge on any atom is -0.477 e. The number of piperidine rings is 1. The Morgan fingerprint density at radius 3 is 2.50 bits per heavy atom. The van der Waals surface area contributed by atoms with Crippen LogP contribution in [0.25, 0.3) is 0 Å². The number of hydrogen-bond acceptors (Lipinski definition) is 4. The van der Waals surface area contributed by atoms with Crippen LogP contribution in [0.2, 0.25) is 0 Å². The molecule has 1 aliphatic rings. The first-order valence-corrected chi connectivity index (χ1v) is 8.92. The summed E-state index contributed by atoms with van der Waals surface area (Å²) in [4.78, 5) is 11.0. The number of rotatable bonds is 4. The minimum absolute atomic E-state index is 0.0546. The SMILES string of the molecule is CCC1(C)CCN(S(=O)(=O)c2csc(C(=O)O)c2)CC1. The van der Waals surface area contributed by atoms with E-state index < -0.39 is 16.0 Å². The summed E-state index contributed by atoms with van der Waals surface area (Å²) in [5, 5.41) is 10.3. The molecule has 20 heavy (non-hydrogen) atoms. The van der Waals surface area contributed by atoms with Gasteiger partial charge in [-0.05, 0) is 24.3 Å². The minimum atomic E-state index is -3.55. The van der Waals surface area contributed by atoms with Crippen molar-refractivity contribution >= 4 is 27.3 Å². The van der Waals surface area contributed by atoms with E-state index in [0.29, 0.717) is 13.1 Å². The molecule has 1 aromatic rings. The third kappa shape index (κ3) is 2.89. The highest BCUT2D eigenvalue weighted by atomic mass is 32.2. The molecule has 0 bridgehead atoms. The molecule has 0 atom stereocenters. The van der Waals surface area contributed by atoms with Crippen LogP contribution in [-0.4, -0.2) is 36.9 Å². The predicted molar refractivity (Wildman–Crippen MR) is 77.7 cm³/mol. The molecule has 0 spiro atoms. The van der Waals surface area contributed by atoms with E-state index in [4.69, 9.17) is 5.11 Å². The number of carboxylic acid groups (broad SMARTS) is 1. The highest BCUT2D eigenvalue weighted by Gasteiger charge is 2.34. The normalized spacial score (nSPS) is 19.9. The smallest absolute Gasteiger partial charge is 0.345 e. The maximum atomic E-state index is 12.5. The molecule has 0 radical (unpaired) electrons. The monoisotopic (exact) mass is 317 g/mol. The van der Waals surface area contributed by atoms with Gasteiger partial charge in [-0.3, -0.25) is 0 Å². The summed E-state index contributed by atoms with van der Waals surface area (Å²) in [6.45, 7) is 5.32. The predicted octanol–water partition coefficient (Wildman–Crippen LogP) is 2.65. The molecule has 2 rings (SSSR count). The molecule has 2 heterocycles. The molecular formula is C13H19NO4S2. The van der Waals surface area contributed by atoms with Gasteiger partial charge in [0.2, 0.25) is 10.0 Å². The van der Waals surface area contributed by atoms with Crippen LogP contribution < -0.4 is 0 Å². The number of aromatic carboxylic acids is 1. The molecule has 7 heteroatoms. The van der Waals surface area contributed by atoms with E-state index >= 15 is 0 Å². The first-order valence-electron chi connectivity index (χ1n) is 6.60. The fourth-order valence-corrected chi connectivity index (χ4v) is 4.88. The summed E-state index contributed by atoms with van der Waals surface area (Å²) in [5.74, 6) is -1.09. The van der Waals surface area contributed by atoms with Crippen LogP contribution in [0.15, 0.2) is 16.3 Å². The summed E-state index contributed by atoms with van der Waals surface area (Å²) >= 11 is 0.947. The second kappa shape index (κ2) is 5.46. The number of sulfonamides is 1. The highest BCUT2D eigenvalue weighted by Crippen LogP contribution is 2.36. The van der Waals surface area contributed by atoms with E-state index in [2.05, 4.69) is 13.8 Å². The molecule has 0 amide bonds. The third-order valence-corrected chi connectivity index (χ3v) is 7.15. The topological polar surface area (TPSA) is 74.7 Å². The first-order chi connectivity index (χ1) is 9.28. The Morgan fingerprint density at radius 1 is 1.45 bits per heavy atom. The Balaban J connectivity index is 2.17. The lowest BCUT2D eigenvalue weighted by molar-refractivity contribution is 0.0702. The molecule has 1 N–H and O–H groups in total. The van der Waals surface area contributed by atoms with Gasteiger partial charge in [0, 0.05) is 18.5 Å². The van der Waals surface area contributed by atoms with Gasteiger partial charge in [-0.1, -0.05) is 20.3 Å². The van der Waals surface area contributed by atoms with Crippen molar-refractivity contribution in [3.8, 4) is 0 Å². The third-order valence-electron chi connectivity index (χ3n) is 4.21. The molecular weight excluding hydrogens is 298 g/mol. The van der Waals surface area contributed by atoms with Crippen LogP contribution in [0.4, 0.5) is 0 Å². The van der Waals surface area contributed by atoms with Gasteiger partial charge in [0.15, 0.2) is 0 Å². The van der Waals surface area contributed by atoms with E-state index in [1.807, 2.05) is 0 Å². The van der Waals surface area contributed by atoms with E-state index in [1.165, 1.54) is 15.8 Å². The van der Waals surface area contributed by atoms with Crippen LogP contribution in [0.5, 0.6) is 0 Å². The molecule has 0 aliphatic carbocycles. The maximum absolute atomic E-state index is 12.5. The molecule has 0 saturated carbocycles. The molecule has 1 saturated heterocycles. The number of thiophene rings is 1. The molecule has 1 aliphatic heterocycles. The number of hydrogen-bond donors (Lipinski definition) is 1. The summed E-state index contributed by atoms with van der Waals surface area (Å²) in [5.41, 5.74) is 0.215. The average molecular weight is 317 g/mol. The van der Waals surface area contributed by atoms with Gasteiger partial charge in [0.1, 0.15) is 4.88 Å². The van der Waals surface area contributed by atoms with Crippen LogP contribution in [-0.2, 0) is 10.0 Å². The summed E-state index contributed by atoms with van der Waals surface area (Å²) in [6, 6.07) is 1.25. The highest BCUT2D eigenvalue weighted by molar-refractivity contribution is 7.89. The van der Waals surface area contributed by atoms with Gasteiger partial charge in [-0.2, -0.15) is 4.31 Å². The van der Waals surface area contributed by atoms with Gasteiger partial charge < -0.3 is 5.11 Å². The van der Waals surface area contributed by atoms with Gasteiger partial charge in [-0.15, -0.1) is 11.3 Å². The van der Waals surface area contributed by atoms with E-state index in [0.717, 1.165) is 30.6 Å². The van der Waals surface area contributed by atoms with E-state index in [1.54, 1.807) is 0 Å². The summed E-state index contributed by atoms with van der Waals surface area (Å²) < 4.78 is 26.4. The Morgan fingerprint density at radius 2 is 2.05 bits per heavy atom. The molecule has 0 aromatic carbocycles. The van der Waals surface area contributed by atoms with Crippen molar-refractivity contribution in [1.29, 1.82) is 0 Å². The van der Waals surface area contributed by atoms with Crippen molar-refractivity contribution in [3.63, 3.8) is 0 Å². The van der Waals surface area contributed by atoms with Crippen molar-refractivity contribution in [2.45, 2.75) is 38.0 Å². The Hall–Kier alpha value is -0.920. The fourth-order valence-electron chi connectivity index (χ4n) is 2.34. The standard InChI is InChI=1S/C13H19NO4S2/c1-3-13(2)4-6-14(7-5-13)20(17,18)10-8-11(12(15)16)19-9-10/h8-9H,3-7H2,1-2H3,(H,15,16). The quantitative estimate of drug-likeness (QED) is 0.926. The molecule has 112 valence electrons. The Labute approximate surface area is 123 Å². The van der Waals surface area contributed by atoms with Crippen LogP contribution in [0.1, 0.15) is 42.8 Å². The molecule has 0 unspecified atom stereocenters. The van der Waals surface area contributed by atoms with Gasteiger partial charge in [0.25, 0.3) is 0 Å².